The molecule has 0 atom stereocenters. The van der Waals surface area contributed by atoms with E-state index < -0.39 is 0 Å². The van der Waals surface area contributed by atoms with Crippen molar-refractivity contribution in [3.05, 3.63) is 84.7 Å². The number of carbonyl (C=O) groups is 1. The molecule has 2 aromatic carbocycles. The molecule has 0 N–H and O–H groups in total. The lowest BCUT2D eigenvalue weighted by Gasteiger charge is -2.23. The highest BCUT2D eigenvalue weighted by Crippen LogP contribution is 2.29. The van der Waals surface area contributed by atoms with Gasteiger partial charge in [0.25, 0.3) is 5.91 Å². The fourth-order valence-corrected chi connectivity index (χ4v) is 2.19. The van der Waals surface area contributed by atoms with E-state index in [9.17, 15) is 4.79 Å². The van der Waals surface area contributed by atoms with Crippen molar-refractivity contribution in [2.75, 3.05) is 11.5 Å². The number of benzene rings is 2. The monoisotopic (exact) mass is 293 g/mol. The van der Waals surface area contributed by atoms with Crippen molar-refractivity contribution in [3.63, 3.8) is 0 Å². The molecule has 4 heteroatoms. The van der Waals surface area contributed by atoms with Gasteiger partial charge >= 0.3 is 0 Å². The Morgan fingerprint density at radius 3 is 1.95 bits per heavy atom. The molecule has 110 valence electrons. The van der Waals surface area contributed by atoms with Gasteiger partial charge in [0.1, 0.15) is 6.61 Å². The maximum absolute atomic E-state index is 12.9. The van der Waals surface area contributed by atoms with Crippen LogP contribution < -0.4 is 4.90 Å². The van der Waals surface area contributed by atoms with Crippen LogP contribution in [0, 0.1) is 0 Å². The van der Waals surface area contributed by atoms with Crippen molar-refractivity contribution in [1.29, 1.82) is 0 Å². The van der Waals surface area contributed by atoms with Crippen molar-refractivity contribution in [1.82, 2.24) is 0 Å². The first-order valence-electron chi connectivity index (χ1n) is 6.91. The second-order valence-electron chi connectivity index (χ2n) is 4.73. The molecule has 0 unspecified atom stereocenters. The Bertz CT molecular complexity index is 668. The zero-order valence-electron chi connectivity index (χ0n) is 11.9. The summed E-state index contributed by atoms with van der Waals surface area (Å²) in [5, 5.41) is 0. The van der Waals surface area contributed by atoms with Crippen molar-refractivity contribution in [3.8, 4) is 0 Å². The molecule has 2 aromatic rings. The molecule has 1 aliphatic heterocycles. The number of nitrogens with zero attached hydrogens (tertiary/aromatic N) is 1. The fourth-order valence-electron chi connectivity index (χ4n) is 2.19. The molecule has 4 nitrogen and oxygen atoms in total. The summed E-state index contributed by atoms with van der Waals surface area (Å²) in [6.45, 7) is 4.16. The van der Waals surface area contributed by atoms with Gasteiger partial charge in [-0.2, -0.15) is 4.89 Å². The standard InChI is InChI=1S/C18H15NO3/c1-14(17-12-13-21-22-17)18(20)19(15-8-4-2-5-9-15)16-10-6-3-7-11-16/h2-12H,1,13H2. The van der Waals surface area contributed by atoms with Crippen molar-refractivity contribution < 1.29 is 14.6 Å². The maximum Gasteiger partial charge on any atom is 0.266 e. The average Bonchev–Trinajstić information content (AvgIpc) is 3.11. The van der Waals surface area contributed by atoms with E-state index in [2.05, 4.69) is 6.58 Å². The van der Waals surface area contributed by atoms with E-state index in [1.165, 1.54) is 0 Å². The molecule has 0 saturated carbocycles. The van der Waals surface area contributed by atoms with E-state index >= 15 is 0 Å². The molecule has 0 saturated heterocycles. The van der Waals surface area contributed by atoms with Gasteiger partial charge in [0.15, 0.2) is 5.76 Å². The number of rotatable bonds is 4. The summed E-state index contributed by atoms with van der Waals surface area (Å²) < 4.78 is 0. The van der Waals surface area contributed by atoms with Crippen LogP contribution in [0.25, 0.3) is 0 Å². The molecule has 0 spiro atoms. The van der Waals surface area contributed by atoms with Crippen LogP contribution in [0.15, 0.2) is 84.7 Å². The molecule has 3 rings (SSSR count). The number of hydrogen-bond donors (Lipinski definition) is 0. The Hall–Kier alpha value is -2.85. The summed E-state index contributed by atoms with van der Waals surface area (Å²) in [6, 6.07) is 18.8. The predicted molar refractivity (Wildman–Crippen MR) is 84.3 cm³/mol. The van der Waals surface area contributed by atoms with Gasteiger partial charge < -0.3 is 4.89 Å². The minimum atomic E-state index is -0.255. The first kappa shape index (κ1) is 14.1. The van der Waals surface area contributed by atoms with E-state index in [0.29, 0.717) is 12.4 Å². The SMILES string of the molecule is C=C(C(=O)N(c1ccccc1)c1ccccc1)C1=CCOO1. The number of para-hydroxylation sites is 2. The highest BCUT2D eigenvalue weighted by atomic mass is 17.2. The molecule has 0 aliphatic carbocycles. The number of amides is 1. The Labute approximate surface area is 128 Å². The van der Waals surface area contributed by atoms with Crippen LogP contribution in [0.4, 0.5) is 11.4 Å². The molecule has 0 aromatic heterocycles. The Balaban J connectivity index is 1.99. The zero-order chi connectivity index (χ0) is 15.4. The smallest absolute Gasteiger partial charge is 0.266 e. The minimum Gasteiger partial charge on any atom is -0.337 e. The van der Waals surface area contributed by atoms with Crippen molar-refractivity contribution in [2.24, 2.45) is 0 Å². The van der Waals surface area contributed by atoms with Gasteiger partial charge in [-0.3, -0.25) is 9.69 Å². The number of anilines is 2. The van der Waals surface area contributed by atoms with Crippen LogP contribution in [0.3, 0.4) is 0 Å². The van der Waals surface area contributed by atoms with Crippen LogP contribution in [-0.2, 0) is 14.6 Å². The summed E-state index contributed by atoms with van der Waals surface area (Å²) in [5.74, 6) is 0.107. The molecule has 0 fully saturated rings. The lowest BCUT2D eigenvalue weighted by Crippen LogP contribution is -2.27. The van der Waals surface area contributed by atoms with E-state index in [1.54, 1.807) is 11.0 Å². The number of hydrogen-bond acceptors (Lipinski definition) is 3. The van der Waals surface area contributed by atoms with Gasteiger partial charge in [-0.15, -0.1) is 0 Å². The number of carbonyl (C=O) groups excluding carboxylic acids is 1. The third-order valence-electron chi connectivity index (χ3n) is 3.27. The molecule has 0 bridgehead atoms. The first-order chi connectivity index (χ1) is 10.8. The second-order valence-corrected chi connectivity index (χ2v) is 4.73. The Morgan fingerprint density at radius 1 is 0.955 bits per heavy atom. The van der Waals surface area contributed by atoms with Gasteiger partial charge in [-0.25, -0.2) is 0 Å². The van der Waals surface area contributed by atoms with Crippen LogP contribution in [0.2, 0.25) is 0 Å². The van der Waals surface area contributed by atoms with Gasteiger partial charge in [-0.1, -0.05) is 43.0 Å². The summed E-state index contributed by atoms with van der Waals surface area (Å²) in [6.07, 6.45) is 1.69. The maximum atomic E-state index is 12.9. The summed E-state index contributed by atoms with van der Waals surface area (Å²) in [4.78, 5) is 24.3. The van der Waals surface area contributed by atoms with E-state index in [-0.39, 0.29) is 11.5 Å². The van der Waals surface area contributed by atoms with Crippen molar-refractivity contribution >= 4 is 17.3 Å². The fraction of sp³-hybridized carbons (Fsp3) is 0.0556. The third kappa shape index (κ3) is 2.77. The van der Waals surface area contributed by atoms with Crippen molar-refractivity contribution in [2.45, 2.75) is 0 Å². The molecule has 1 heterocycles. The van der Waals surface area contributed by atoms with E-state index in [0.717, 1.165) is 11.4 Å². The van der Waals surface area contributed by atoms with Crippen LogP contribution in [-0.4, -0.2) is 12.5 Å². The third-order valence-corrected chi connectivity index (χ3v) is 3.27. The Kier molecular flexibility index (Phi) is 4.03. The quantitative estimate of drug-likeness (QED) is 0.636. The normalized spacial score (nSPS) is 13.2. The topological polar surface area (TPSA) is 38.8 Å². The summed E-state index contributed by atoms with van der Waals surface area (Å²) in [5.41, 5.74) is 1.78. The van der Waals surface area contributed by atoms with E-state index in [4.69, 9.17) is 9.78 Å². The largest absolute Gasteiger partial charge is 0.337 e. The van der Waals surface area contributed by atoms with Gasteiger partial charge in [-0.05, 0) is 30.3 Å². The molecule has 1 amide bonds. The molecular weight excluding hydrogens is 278 g/mol. The van der Waals surface area contributed by atoms with Crippen LogP contribution in [0.5, 0.6) is 0 Å². The zero-order valence-corrected chi connectivity index (χ0v) is 11.9. The minimum absolute atomic E-state index is 0.255. The molecule has 1 aliphatic rings. The van der Waals surface area contributed by atoms with Crippen LogP contribution >= 0.6 is 0 Å². The summed E-state index contributed by atoms with van der Waals surface area (Å²) >= 11 is 0. The highest BCUT2D eigenvalue weighted by Gasteiger charge is 2.25. The first-order valence-corrected chi connectivity index (χ1v) is 6.91. The van der Waals surface area contributed by atoms with Gasteiger partial charge in [0.2, 0.25) is 0 Å². The lowest BCUT2D eigenvalue weighted by molar-refractivity contribution is -0.231. The Morgan fingerprint density at radius 2 is 1.50 bits per heavy atom. The van der Waals surface area contributed by atoms with Gasteiger partial charge in [0.05, 0.1) is 5.57 Å². The average molecular weight is 293 g/mol. The van der Waals surface area contributed by atoms with Crippen LogP contribution in [0.1, 0.15) is 0 Å². The molecule has 0 radical (unpaired) electrons. The molecular formula is C18H15NO3. The molecule has 22 heavy (non-hydrogen) atoms. The highest BCUT2D eigenvalue weighted by molar-refractivity contribution is 6.12. The van der Waals surface area contributed by atoms with E-state index in [1.807, 2.05) is 60.7 Å². The predicted octanol–water partition coefficient (Wildman–Crippen LogP) is 3.75. The lowest BCUT2D eigenvalue weighted by atomic mass is 10.1. The van der Waals surface area contributed by atoms with Gasteiger partial charge in [0, 0.05) is 11.4 Å². The summed E-state index contributed by atoms with van der Waals surface area (Å²) in [7, 11) is 0. The second kappa shape index (κ2) is 6.28.